The Morgan fingerprint density at radius 3 is 2.35 bits per heavy atom. The van der Waals surface area contributed by atoms with Crippen LogP contribution in [0.15, 0.2) is 0 Å². The third-order valence-electron chi connectivity index (χ3n) is 6.08. The lowest BCUT2D eigenvalue weighted by molar-refractivity contribution is 0.0299. The Labute approximate surface area is 125 Å². The number of piperidine rings is 1. The van der Waals surface area contributed by atoms with Crippen molar-refractivity contribution >= 4 is 0 Å². The fraction of sp³-hybridized carbons (Fsp3) is 1.00. The van der Waals surface area contributed by atoms with Crippen molar-refractivity contribution in [3.8, 4) is 0 Å². The van der Waals surface area contributed by atoms with Gasteiger partial charge in [-0.25, -0.2) is 0 Å². The lowest BCUT2D eigenvalue weighted by Crippen LogP contribution is -2.57. The Morgan fingerprint density at radius 2 is 1.70 bits per heavy atom. The van der Waals surface area contributed by atoms with Crippen molar-refractivity contribution in [3.63, 3.8) is 0 Å². The average molecular weight is 278 g/mol. The molecule has 2 unspecified atom stereocenters. The standard InChI is InChI=1S/C18H34N2/c1-3-15-11-17(19-16-7-5-4-6-8-16)13-20(12-15)18-9-14(2)10-18/h14-19H,3-13H2,1-2H3. The Balaban J connectivity index is 1.53. The van der Waals surface area contributed by atoms with Gasteiger partial charge in [-0.3, -0.25) is 4.90 Å². The predicted molar refractivity (Wildman–Crippen MR) is 86.0 cm³/mol. The van der Waals surface area contributed by atoms with E-state index < -0.39 is 0 Å². The first-order valence-corrected chi connectivity index (χ1v) is 9.24. The maximum atomic E-state index is 4.02. The number of nitrogens with one attached hydrogen (secondary N) is 1. The summed E-state index contributed by atoms with van der Waals surface area (Å²) in [6, 6.07) is 2.51. The van der Waals surface area contributed by atoms with Crippen molar-refractivity contribution in [3.05, 3.63) is 0 Å². The largest absolute Gasteiger partial charge is 0.310 e. The molecule has 2 atom stereocenters. The van der Waals surface area contributed by atoms with Gasteiger partial charge < -0.3 is 5.32 Å². The second-order valence-electron chi connectivity index (χ2n) is 7.89. The number of nitrogens with zero attached hydrogens (tertiary/aromatic N) is 1. The van der Waals surface area contributed by atoms with Crippen molar-refractivity contribution in [2.24, 2.45) is 11.8 Å². The van der Waals surface area contributed by atoms with E-state index in [4.69, 9.17) is 0 Å². The third-order valence-corrected chi connectivity index (χ3v) is 6.08. The number of hydrogen-bond acceptors (Lipinski definition) is 2. The minimum Gasteiger partial charge on any atom is -0.310 e. The highest BCUT2D eigenvalue weighted by molar-refractivity contribution is 4.92. The van der Waals surface area contributed by atoms with Gasteiger partial charge in [0.25, 0.3) is 0 Å². The summed E-state index contributed by atoms with van der Waals surface area (Å²) in [6.07, 6.45) is 12.9. The first-order chi connectivity index (χ1) is 9.74. The van der Waals surface area contributed by atoms with Crippen LogP contribution >= 0.6 is 0 Å². The molecule has 0 aromatic rings. The molecule has 2 aliphatic carbocycles. The molecule has 1 heterocycles. The van der Waals surface area contributed by atoms with Crippen LogP contribution in [0.5, 0.6) is 0 Å². The highest BCUT2D eigenvalue weighted by Crippen LogP contribution is 2.34. The van der Waals surface area contributed by atoms with Crippen LogP contribution in [-0.2, 0) is 0 Å². The minimum atomic E-state index is 0.771. The van der Waals surface area contributed by atoms with Gasteiger partial charge in [-0.15, -0.1) is 0 Å². The van der Waals surface area contributed by atoms with Crippen molar-refractivity contribution in [1.29, 1.82) is 0 Å². The summed E-state index contributed by atoms with van der Waals surface area (Å²) in [5.74, 6) is 1.91. The van der Waals surface area contributed by atoms with Crippen molar-refractivity contribution in [2.75, 3.05) is 13.1 Å². The summed E-state index contributed by atoms with van der Waals surface area (Å²) >= 11 is 0. The molecule has 2 heteroatoms. The minimum absolute atomic E-state index is 0.771. The molecule has 0 spiro atoms. The molecule has 0 aromatic heterocycles. The fourth-order valence-electron chi connectivity index (χ4n) is 4.72. The monoisotopic (exact) mass is 278 g/mol. The maximum absolute atomic E-state index is 4.02. The Bertz CT molecular complexity index is 292. The van der Waals surface area contributed by atoms with Crippen LogP contribution in [0.4, 0.5) is 0 Å². The van der Waals surface area contributed by atoms with Gasteiger partial charge in [0.05, 0.1) is 0 Å². The lowest BCUT2D eigenvalue weighted by Gasteiger charge is -2.48. The Morgan fingerprint density at radius 1 is 0.950 bits per heavy atom. The lowest BCUT2D eigenvalue weighted by atomic mass is 9.78. The molecule has 0 bridgehead atoms. The zero-order valence-corrected chi connectivity index (χ0v) is 13.6. The molecule has 0 amide bonds. The Kier molecular flexibility index (Phi) is 5.04. The zero-order valence-electron chi connectivity index (χ0n) is 13.6. The zero-order chi connectivity index (χ0) is 13.9. The van der Waals surface area contributed by atoms with Gasteiger partial charge in [-0.1, -0.05) is 39.5 Å². The molecule has 3 rings (SSSR count). The van der Waals surface area contributed by atoms with Gasteiger partial charge >= 0.3 is 0 Å². The molecule has 1 aliphatic heterocycles. The first-order valence-electron chi connectivity index (χ1n) is 9.24. The van der Waals surface area contributed by atoms with E-state index in [1.165, 1.54) is 70.9 Å². The molecule has 3 aliphatic rings. The molecule has 2 saturated carbocycles. The molecule has 0 radical (unpaired) electrons. The fourth-order valence-corrected chi connectivity index (χ4v) is 4.72. The topological polar surface area (TPSA) is 15.3 Å². The van der Waals surface area contributed by atoms with Gasteiger partial charge in [0.15, 0.2) is 0 Å². The average Bonchev–Trinajstić information content (AvgIpc) is 2.44. The SMILES string of the molecule is CCC1CC(NC2CCCCC2)CN(C2CC(C)C2)C1. The van der Waals surface area contributed by atoms with Gasteiger partial charge in [0.1, 0.15) is 0 Å². The van der Waals surface area contributed by atoms with E-state index in [9.17, 15) is 0 Å². The highest BCUT2D eigenvalue weighted by Gasteiger charge is 2.36. The quantitative estimate of drug-likeness (QED) is 0.841. The number of likely N-dealkylation sites (tertiary alicyclic amines) is 1. The van der Waals surface area contributed by atoms with Gasteiger partial charge in [0, 0.05) is 31.2 Å². The van der Waals surface area contributed by atoms with E-state index in [1.54, 1.807) is 0 Å². The van der Waals surface area contributed by atoms with Crippen LogP contribution in [0.3, 0.4) is 0 Å². The van der Waals surface area contributed by atoms with Crippen molar-refractivity contribution in [2.45, 2.75) is 89.8 Å². The van der Waals surface area contributed by atoms with Crippen LogP contribution in [0.1, 0.15) is 71.6 Å². The summed E-state index contributed by atoms with van der Waals surface area (Å²) < 4.78 is 0. The normalized spacial score (nSPS) is 40.5. The highest BCUT2D eigenvalue weighted by atomic mass is 15.2. The summed E-state index contributed by atoms with van der Waals surface area (Å²) in [5, 5.41) is 4.02. The smallest absolute Gasteiger partial charge is 0.0200 e. The molecule has 0 aromatic carbocycles. The van der Waals surface area contributed by atoms with E-state index in [0.29, 0.717) is 0 Å². The number of rotatable bonds is 4. The van der Waals surface area contributed by atoms with Crippen LogP contribution < -0.4 is 5.32 Å². The molecule has 20 heavy (non-hydrogen) atoms. The van der Waals surface area contributed by atoms with Gasteiger partial charge in [-0.2, -0.15) is 0 Å². The van der Waals surface area contributed by atoms with Crippen LogP contribution in [-0.4, -0.2) is 36.1 Å². The Hall–Kier alpha value is -0.0800. The van der Waals surface area contributed by atoms with Crippen molar-refractivity contribution < 1.29 is 0 Å². The molecule has 2 nitrogen and oxygen atoms in total. The van der Waals surface area contributed by atoms with E-state index in [1.807, 2.05) is 0 Å². The van der Waals surface area contributed by atoms with E-state index in [2.05, 4.69) is 24.1 Å². The van der Waals surface area contributed by atoms with Crippen LogP contribution in [0.2, 0.25) is 0 Å². The first kappa shape index (κ1) is 14.8. The van der Waals surface area contributed by atoms with E-state index >= 15 is 0 Å². The summed E-state index contributed by atoms with van der Waals surface area (Å²) in [4.78, 5) is 2.83. The summed E-state index contributed by atoms with van der Waals surface area (Å²) in [7, 11) is 0. The van der Waals surface area contributed by atoms with Gasteiger partial charge in [0.2, 0.25) is 0 Å². The molecular weight excluding hydrogens is 244 g/mol. The summed E-state index contributed by atoms with van der Waals surface area (Å²) in [6.45, 7) is 7.49. The second-order valence-corrected chi connectivity index (χ2v) is 7.89. The maximum Gasteiger partial charge on any atom is 0.0200 e. The number of hydrogen-bond donors (Lipinski definition) is 1. The predicted octanol–water partition coefficient (Wildman–Crippen LogP) is 3.81. The third kappa shape index (κ3) is 3.57. The molecule has 116 valence electrons. The molecule has 3 fully saturated rings. The molecular formula is C18H34N2. The van der Waals surface area contributed by atoms with Crippen LogP contribution in [0, 0.1) is 11.8 Å². The summed E-state index contributed by atoms with van der Waals surface area (Å²) in [5.41, 5.74) is 0. The van der Waals surface area contributed by atoms with E-state index in [0.717, 1.165) is 30.0 Å². The van der Waals surface area contributed by atoms with Crippen LogP contribution in [0.25, 0.3) is 0 Å². The molecule has 1 N–H and O–H groups in total. The van der Waals surface area contributed by atoms with Crippen molar-refractivity contribution in [1.82, 2.24) is 10.2 Å². The molecule has 1 saturated heterocycles. The van der Waals surface area contributed by atoms with Gasteiger partial charge in [-0.05, 0) is 43.9 Å². The second kappa shape index (κ2) is 6.79. The van der Waals surface area contributed by atoms with E-state index in [-0.39, 0.29) is 0 Å².